The first kappa shape index (κ1) is 22.3. The molecule has 0 bridgehead atoms. The van der Waals surface area contributed by atoms with Crippen molar-refractivity contribution in [2.75, 3.05) is 57.7 Å². The van der Waals surface area contributed by atoms with E-state index in [2.05, 4.69) is 45.7 Å². The highest BCUT2D eigenvalue weighted by atomic mass is 16.5. The molecule has 0 aromatic heterocycles. The Morgan fingerprint density at radius 3 is 2.53 bits per heavy atom. The Kier molecular flexibility index (Phi) is 7.05. The van der Waals surface area contributed by atoms with Gasteiger partial charge in [-0.25, -0.2) is 4.79 Å². The van der Waals surface area contributed by atoms with Gasteiger partial charge in [-0.05, 0) is 68.1 Å². The van der Waals surface area contributed by atoms with Crippen LogP contribution in [0.4, 0.5) is 16.2 Å². The van der Waals surface area contributed by atoms with E-state index < -0.39 is 0 Å². The molecular formula is C25H34N4O3. The number of urea groups is 1. The molecule has 1 saturated heterocycles. The number of rotatable bonds is 7. The Balaban J connectivity index is 1.45. The fourth-order valence-electron chi connectivity index (χ4n) is 4.80. The number of amides is 2. The number of likely N-dealkylation sites (tertiary alicyclic amines) is 1. The molecule has 0 spiro atoms. The molecule has 0 saturated carbocycles. The standard InChI is InChI=1S/C25H34N4O3/c1-28-12-6-7-18-15-19(8-10-21(18)28)22(29-13-4-5-14-29)17-26-25(30)27-20-9-11-23(31-2)24(16-20)32-3/h8-11,15-16,22H,4-7,12-14,17H2,1-3H3,(H2,26,27,30)/t22-/m0/s1. The number of aryl methyl sites for hydroxylation is 1. The fraction of sp³-hybridized carbons (Fsp3) is 0.480. The first-order chi connectivity index (χ1) is 15.6. The summed E-state index contributed by atoms with van der Waals surface area (Å²) in [4.78, 5) is 17.5. The maximum Gasteiger partial charge on any atom is 0.319 e. The number of anilines is 2. The molecule has 0 unspecified atom stereocenters. The van der Waals surface area contributed by atoms with Crippen LogP contribution in [0.25, 0.3) is 0 Å². The molecule has 2 aliphatic heterocycles. The van der Waals surface area contributed by atoms with Crippen LogP contribution in [-0.4, -0.2) is 58.4 Å². The van der Waals surface area contributed by atoms with Crippen molar-refractivity contribution in [2.45, 2.75) is 31.7 Å². The monoisotopic (exact) mass is 438 g/mol. The summed E-state index contributed by atoms with van der Waals surface area (Å²) in [5, 5.41) is 6.00. The highest BCUT2D eigenvalue weighted by Gasteiger charge is 2.25. The molecular weight excluding hydrogens is 404 g/mol. The van der Waals surface area contributed by atoms with E-state index in [1.165, 1.54) is 36.1 Å². The van der Waals surface area contributed by atoms with Gasteiger partial charge in [0.2, 0.25) is 0 Å². The number of nitrogens with one attached hydrogen (secondary N) is 2. The lowest BCUT2D eigenvalue weighted by molar-refractivity contribution is 0.227. The SMILES string of the molecule is COc1ccc(NC(=O)NC[C@@H](c2ccc3c(c2)CCCN3C)N2CCCC2)cc1OC. The van der Waals surface area contributed by atoms with Gasteiger partial charge in [-0.1, -0.05) is 12.1 Å². The number of ether oxygens (including phenoxy) is 2. The van der Waals surface area contributed by atoms with Crippen LogP contribution in [0.3, 0.4) is 0 Å². The molecule has 4 rings (SSSR count). The number of nitrogens with zero attached hydrogens (tertiary/aromatic N) is 2. The molecule has 0 radical (unpaired) electrons. The number of carbonyl (C=O) groups is 1. The molecule has 2 aliphatic rings. The number of methoxy groups -OCH3 is 2. The molecule has 2 amide bonds. The molecule has 7 nitrogen and oxygen atoms in total. The van der Waals surface area contributed by atoms with Crippen LogP contribution in [0.1, 0.15) is 36.4 Å². The van der Waals surface area contributed by atoms with E-state index in [1.54, 1.807) is 32.4 Å². The van der Waals surface area contributed by atoms with Crippen molar-refractivity contribution >= 4 is 17.4 Å². The van der Waals surface area contributed by atoms with E-state index in [0.717, 1.165) is 26.1 Å². The first-order valence-corrected chi connectivity index (χ1v) is 11.4. The van der Waals surface area contributed by atoms with E-state index >= 15 is 0 Å². The van der Waals surface area contributed by atoms with E-state index in [9.17, 15) is 4.79 Å². The van der Waals surface area contributed by atoms with Crippen LogP contribution in [0.15, 0.2) is 36.4 Å². The van der Waals surface area contributed by atoms with Gasteiger partial charge in [0.1, 0.15) is 0 Å². The Labute approximate surface area is 190 Å². The maximum atomic E-state index is 12.7. The third-order valence-electron chi connectivity index (χ3n) is 6.52. The van der Waals surface area contributed by atoms with Gasteiger partial charge in [0.25, 0.3) is 0 Å². The minimum Gasteiger partial charge on any atom is -0.493 e. The van der Waals surface area contributed by atoms with Crippen LogP contribution in [0.5, 0.6) is 11.5 Å². The van der Waals surface area contributed by atoms with Crippen molar-refractivity contribution < 1.29 is 14.3 Å². The normalized spacial score (nSPS) is 16.9. The van der Waals surface area contributed by atoms with Crippen molar-refractivity contribution in [1.29, 1.82) is 0 Å². The summed E-state index contributed by atoms with van der Waals surface area (Å²) < 4.78 is 10.6. The van der Waals surface area contributed by atoms with Gasteiger partial charge < -0.3 is 25.0 Å². The van der Waals surface area contributed by atoms with Crippen LogP contribution in [0, 0.1) is 0 Å². The van der Waals surface area contributed by atoms with Crippen molar-refractivity contribution in [2.24, 2.45) is 0 Å². The fourth-order valence-corrected chi connectivity index (χ4v) is 4.80. The predicted molar refractivity (Wildman–Crippen MR) is 128 cm³/mol. The Morgan fingerprint density at radius 2 is 1.78 bits per heavy atom. The number of benzene rings is 2. The number of carbonyl (C=O) groups excluding carboxylic acids is 1. The lowest BCUT2D eigenvalue weighted by atomic mass is 9.96. The molecule has 2 N–H and O–H groups in total. The molecule has 32 heavy (non-hydrogen) atoms. The van der Waals surface area contributed by atoms with Crippen LogP contribution >= 0.6 is 0 Å². The molecule has 1 atom stereocenters. The van der Waals surface area contributed by atoms with E-state index in [-0.39, 0.29) is 12.1 Å². The van der Waals surface area contributed by atoms with Crippen molar-refractivity contribution in [3.05, 3.63) is 47.5 Å². The summed E-state index contributed by atoms with van der Waals surface area (Å²) in [6.07, 6.45) is 4.73. The van der Waals surface area contributed by atoms with Gasteiger partial charge in [-0.15, -0.1) is 0 Å². The molecule has 172 valence electrons. The van der Waals surface area contributed by atoms with Crippen LogP contribution < -0.4 is 25.0 Å². The van der Waals surface area contributed by atoms with Gasteiger partial charge >= 0.3 is 6.03 Å². The van der Waals surface area contributed by atoms with Gasteiger partial charge in [-0.2, -0.15) is 0 Å². The smallest absolute Gasteiger partial charge is 0.319 e. The average molecular weight is 439 g/mol. The number of hydrogen-bond acceptors (Lipinski definition) is 5. The molecule has 2 aromatic rings. The summed E-state index contributed by atoms with van der Waals surface area (Å²) in [5.74, 6) is 1.21. The molecule has 0 aliphatic carbocycles. The van der Waals surface area contributed by atoms with Crippen molar-refractivity contribution in [3.63, 3.8) is 0 Å². The second-order valence-electron chi connectivity index (χ2n) is 8.58. The second-order valence-corrected chi connectivity index (χ2v) is 8.58. The summed E-state index contributed by atoms with van der Waals surface area (Å²) in [7, 11) is 5.34. The lowest BCUT2D eigenvalue weighted by Gasteiger charge is -2.32. The van der Waals surface area contributed by atoms with Gasteiger partial charge in [-0.3, -0.25) is 4.90 Å². The Morgan fingerprint density at radius 1 is 1.00 bits per heavy atom. The average Bonchev–Trinajstić information content (AvgIpc) is 3.34. The third-order valence-corrected chi connectivity index (χ3v) is 6.52. The summed E-state index contributed by atoms with van der Waals surface area (Å²) in [5.41, 5.74) is 4.69. The van der Waals surface area contributed by atoms with Crippen molar-refractivity contribution in [3.8, 4) is 11.5 Å². The van der Waals surface area contributed by atoms with Crippen LogP contribution in [-0.2, 0) is 6.42 Å². The quantitative estimate of drug-likeness (QED) is 0.683. The highest BCUT2D eigenvalue weighted by Crippen LogP contribution is 2.32. The van der Waals surface area contributed by atoms with E-state index in [1.807, 2.05) is 0 Å². The minimum absolute atomic E-state index is 0.172. The predicted octanol–water partition coefficient (Wildman–Crippen LogP) is 4.04. The first-order valence-electron chi connectivity index (χ1n) is 11.4. The molecule has 7 heteroatoms. The third kappa shape index (κ3) is 4.93. The van der Waals surface area contributed by atoms with Crippen LogP contribution in [0.2, 0.25) is 0 Å². The highest BCUT2D eigenvalue weighted by molar-refractivity contribution is 5.89. The summed E-state index contributed by atoms with van der Waals surface area (Å²) in [6, 6.07) is 12.1. The second kappa shape index (κ2) is 10.1. The number of fused-ring (bicyclic) bond motifs is 1. The van der Waals surface area contributed by atoms with E-state index in [0.29, 0.717) is 23.7 Å². The zero-order valence-electron chi connectivity index (χ0n) is 19.3. The lowest BCUT2D eigenvalue weighted by Crippen LogP contribution is -2.38. The summed E-state index contributed by atoms with van der Waals surface area (Å²) in [6.45, 7) is 3.81. The Hall–Kier alpha value is -2.93. The minimum atomic E-state index is -0.223. The zero-order valence-corrected chi connectivity index (χ0v) is 19.3. The summed E-state index contributed by atoms with van der Waals surface area (Å²) >= 11 is 0. The van der Waals surface area contributed by atoms with E-state index in [4.69, 9.17) is 9.47 Å². The molecule has 2 aromatic carbocycles. The Bertz CT molecular complexity index is 943. The van der Waals surface area contributed by atoms with Gasteiger partial charge in [0, 0.05) is 37.6 Å². The molecule has 2 heterocycles. The molecule has 1 fully saturated rings. The maximum absolute atomic E-state index is 12.7. The zero-order chi connectivity index (χ0) is 22.5. The largest absolute Gasteiger partial charge is 0.493 e. The topological polar surface area (TPSA) is 66.1 Å². The van der Waals surface area contributed by atoms with Gasteiger partial charge in [0.15, 0.2) is 11.5 Å². The van der Waals surface area contributed by atoms with Crippen molar-refractivity contribution in [1.82, 2.24) is 10.2 Å². The number of hydrogen-bond donors (Lipinski definition) is 2. The van der Waals surface area contributed by atoms with Gasteiger partial charge in [0.05, 0.1) is 20.3 Å².